The van der Waals surface area contributed by atoms with Gasteiger partial charge in [-0.05, 0) is 65.7 Å². The number of hydrogen-bond acceptors (Lipinski definition) is 3. The first-order valence-electron chi connectivity index (χ1n) is 9.63. The van der Waals surface area contributed by atoms with Crippen LogP contribution in [-0.2, 0) is 5.75 Å². The predicted octanol–water partition coefficient (Wildman–Crippen LogP) is 8.47. The molecule has 0 saturated carbocycles. The average molecular weight is 509 g/mol. The van der Waals surface area contributed by atoms with Crippen LogP contribution in [0.2, 0.25) is 0 Å². The maximum Gasteiger partial charge on any atom is 0.199 e. The minimum Gasteiger partial charge on any atom is -0.288 e. The lowest BCUT2D eigenvalue weighted by Crippen LogP contribution is -2.01. The number of rotatable bonds is 7. The minimum absolute atomic E-state index is 0.0192. The molecule has 0 unspecified atom stereocenters. The molecule has 1 aromatic heterocycles. The molecule has 0 radical (unpaired) electrons. The molecule has 31 heavy (non-hydrogen) atoms. The topological polar surface area (TPSA) is 17.1 Å². The fourth-order valence-electron chi connectivity index (χ4n) is 2.98. The summed E-state index contributed by atoms with van der Waals surface area (Å²) in [5, 5.41) is 0. The van der Waals surface area contributed by atoms with Crippen LogP contribution in [0.4, 0.5) is 4.39 Å². The Kier molecular flexibility index (Phi) is 7.17. The van der Waals surface area contributed by atoms with E-state index in [9.17, 15) is 9.18 Å². The van der Waals surface area contributed by atoms with Gasteiger partial charge in [-0.2, -0.15) is 0 Å². The van der Waals surface area contributed by atoms with E-state index in [0.29, 0.717) is 16.2 Å². The van der Waals surface area contributed by atoms with E-state index in [4.69, 9.17) is 0 Å². The van der Waals surface area contributed by atoms with E-state index in [1.54, 1.807) is 23.5 Å². The number of carbonyl (C=O) groups is 1. The number of thiophene rings is 1. The van der Waals surface area contributed by atoms with Crippen molar-refractivity contribution in [1.82, 2.24) is 0 Å². The van der Waals surface area contributed by atoms with E-state index in [0.717, 1.165) is 25.4 Å². The number of carbonyl (C=O) groups excluding carboxylic acids is 1. The van der Waals surface area contributed by atoms with Crippen molar-refractivity contribution in [3.05, 3.63) is 122 Å². The molecule has 0 atom stereocenters. The van der Waals surface area contributed by atoms with Crippen molar-refractivity contribution < 1.29 is 9.18 Å². The van der Waals surface area contributed by atoms with Crippen LogP contribution >= 0.6 is 39.0 Å². The standard InChI is InChI=1S/C26H18BrFOS2/c27-21-10-8-20(9-11-21)26(29)25(30-17-18-6-12-22(28)13-7-18)16-23-14-15-24(31-23)19-4-2-1-3-5-19/h1-16H,17H2/b25-16+. The summed E-state index contributed by atoms with van der Waals surface area (Å²) in [4.78, 5) is 16.1. The summed E-state index contributed by atoms with van der Waals surface area (Å²) < 4.78 is 14.2. The molecule has 5 heteroatoms. The van der Waals surface area contributed by atoms with Crippen LogP contribution < -0.4 is 0 Å². The largest absolute Gasteiger partial charge is 0.288 e. The van der Waals surface area contributed by atoms with Crippen molar-refractivity contribution in [2.75, 3.05) is 0 Å². The van der Waals surface area contributed by atoms with Crippen molar-refractivity contribution in [3.63, 3.8) is 0 Å². The molecule has 0 saturated heterocycles. The number of thioether (sulfide) groups is 1. The van der Waals surface area contributed by atoms with E-state index >= 15 is 0 Å². The first-order valence-corrected chi connectivity index (χ1v) is 12.2. The number of Topliss-reactive ketones (excluding diaryl/α,β-unsaturated/α-hetero) is 1. The summed E-state index contributed by atoms with van der Waals surface area (Å²) >= 11 is 6.54. The van der Waals surface area contributed by atoms with Gasteiger partial charge in [0.25, 0.3) is 0 Å². The zero-order valence-corrected chi connectivity index (χ0v) is 19.6. The summed E-state index contributed by atoms with van der Waals surface area (Å²) in [6.45, 7) is 0. The van der Waals surface area contributed by atoms with Crippen LogP contribution in [0.5, 0.6) is 0 Å². The second-order valence-corrected chi connectivity index (χ2v) is 9.88. The molecule has 0 N–H and O–H groups in total. The maximum atomic E-state index is 13.3. The minimum atomic E-state index is -0.262. The molecule has 0 aliphatic carbocycles. The SMILES string of the molecule is O=C(/C(=C\c1ccc(-c2ccccc2)s1)SCc1ccc(F)cc1)c1ccc(Br)cc1. The Hall–Kier alpha value is -2.47. The maximum absolute atomic E-state index is 13.3. The van der Waals surface area contributed by atoms with E-state index in [-0.39, 0.29) is 11.6 Å². The summed E-state index contributed by atoms with van der Waals surface area (Å²) in [6, 6.07) is 28.1. The number of benzene rings is 3. The Labute approximate surface area is 197 Å². The van der Waals surface area contributed by atoms with E-state index in [1.807, 2.05) is 54.6 Å². The average Bonchev–Trinajstić information content (AvgIpc) is 3.27. The van der Waals surface area contributed by atoms with E-state index in [2.05, 4.69) is 34.1 Å². The molecule has 0 aliphatic heterocycles. The lowest BCUT2D eigenvalue weighted by molar-refractivity contribution is 0.104. The molecule has 0 bridgehead atoms. The van der Waals surface area contributed by atoms with Gasteiger partial charge in [0.15, 0.2) is 5.78 Å². The Balaban J connectivity index is 1.62. The number of halogens is 2. The van der Waals surface area contributed by atoms with Gasteiger partial charge in [-0.1, -0.05) is 58.4 Å². The van der Waals surface area contributed by atoms with Gasteiger partial charge in [0.05, 0.1) is 4.91 Å². The molecule has 0 amide bonds. The van der Waals surface area contributed by atoms with Gasteiger partial charge in [0.1, 0.15) is 5.82 Å². The fourth-order valence-corrected chi connectivity index (χ4v) is 5.24. The van der Waals surface area contributed by atoms with Gasteiger partial charge in [0, 0.05) is 25.5 Å². The van der Waals surface area contributed by atoms with Crippen LogP contribution in [0.15, 0.2) is 100 Å². The Morgan fingerprint density at radius 1 is 0.903 bits per heavy atom. The van der Waals surface area contributed by atoms with Gasteiger partial charge in [-0.15, -0.1) is 23.1 Å². The molecule has 3 aromatic carbocycles. The quantitative estimate of drug-likeness (QED) is 0.184. The highest BCUT2D eigenvalue weighted by molar-refractivity contribution is 9.10. The Morgan fingerprint density at radius 2 is 1.61 bits per heavy atom. The van der Waals surface area contributed by atoms with E-state index in [1.165, 1.54) is 23.9 Å². The van der Waals surface area contributed by atoms with Gasteiger partial charge in [0.2, 0.25) is 0 Å². The molecule has 1 heterocycles. The van der Waals surface area contributed by atoms with Crippen LogP contribution in [0, 0.1) is 5.82 Å². The molecule has 4 aromatic rings. The van der Waals surface area contributed by atoms with Crippen LogP contribution in [0.1, 0.15) is 20.8 Å². The zero-order valence-electron chi connectivity index (χ0n) is 16.4. The van der Waals surface area contributed by atoms with Gasteiger partial charge < -0.3 is 0 Å². The molecule has 0 aliphatic rings. The van der Waals surface area contributed by atoms with Crippen LogP contribution in [0.3, 0.4) is 0 Å². The van der Waals surface area contributed by atoms with Crippen molar-refractivity contribution in [2.45, 2.75) is 5.75 Å². The molecule has 4 rings (SSSR count). The summed E-state index contributed by atoms with van der Waals surface area (Å²) in [5.41, 5.74) is 2.77. The monoisotopic (exact) mass is 508 g/mol. The molecule has 154 valence electrons. The third-order valence-corrected chi connectivity index (χ3v) is 7.30. The molecule has 0 spiro atoms. The Bertz CT molecular complexity index is 1200. The first kappa shape index (κ1) is 21.8. The molecule has 1 nitrogen and oxygen atoms in total. The molecular weight excluding hydrogens is 491 g/mol. The lowest BCUT2D eigenvalue weighted by atomic mass is 10.1. The Morgan fingerprint density at radius 3 is 2.32 bits per heavy atom. The predicted molar refractivity (Wildman–Crippen MR) is 134 cm³/mol. The second kappa shape index (κ2) is 10.2. The van der Waals surface area contributed by atoms with Gasteiger partial charge in [-0.3, -0.25) is 4.79 Å². The smallest absolute Gasteiger partial charge is 0.199 e. The highest BCUT2D eigenvalue weighted by atomic mass is 79.9. The van der Waals surface area contributed by atoms with Gasteiger partial charge >= 0.3 is 0 Å². The lowest BCUT2D eigenvalue weighted by Gasteiger charge is -2.07. The highest BCUT2D eigenvalue weighted by Crippen LogP contribution is 2.33. The van der Waals surface area contributed by atoms with E-state index < -0.39 is 0 Å². The number of hydrogen-bond donors (Lipinski definition) is 0. The van der Waals surface area contributed by atoms with Crippen molar-refractivity contribution in [2.24, 2.45) is 0 Å². The first-order chi connectivity index (χ1) is 15.1. The zero-order chi connectivity index (χ0) is 21.6. The van der Waals surface area contributed by atoms with Gasteiger partial charge in [-0.25, -0.2) is 4.39 Å². The summed E-state index contributed by atoms with van der Waals surface area (Å²) in [7, 11) is 0. The third-order valence-electron chi connectivity index (χ3n) is 4.60. The van der Waals surface area contributed by atoms with Crippen LogP contribution in [0.25, 0.3) is 16.5 Å². The van der Waals surface area contributed by atoms with Crippen molar-refractivity contribution in [1.29, 1.82) is 0 Å². The number of allylic oxidation sites excluding steroid dienone is 1. The molecular formula is C26H18BrFOS2. The van der Waals surface area contributed by atoms with Crippen LogP contribution in [-0.4, -0.2) is 5.78 Å². The highest BCUT2D eigenvalue weighted by Gasteiger charge is 2.14. The summed E-state index contributed by atoms with van der Waals surface area (Å²) in [5.74, 6) is 0.308. The van der Waals surface area contributed by atoms with Crippen molar-refractivity contribution >= 4 is 50.9 Å². The number of ketones is 1. The second-order valence-electron chi connectivity index (χ2n) is 6.83. The summed E-state index contributed by atoms with van der Waals surface area (Å²) in [6.07, 6.45) is 1.95. The third kappa shape index (κ3) is 5.82. The fraction of sp³-hybridized carbons (Fsp3) is 0.0385. The van der Waals surface area contributed by atoms with Crippen molar-refractivity contribution in [3.8, 4) is 10.4 Å². The molecule has 0 fully saturated rings. The normalized spacial score (nSPS) is 11.5.